The molecule has 22 heavy (non-hydrogen) atoms. The molecule has 0 aliphatic carbocycles. The number of nitrogens with zero attached hydrogens (tertiary/aromatic N) is 4. The van der Waals surface area contributed by atoms with Crippen molar-refractivity contribution < 1.29 is 0 Å². The molecule has 0 radical (unpaired) electrons. The van der Waals surface area contributed by atoms with Gasteiger partial charge >= 0.3 is 0 Å². The Morgan fingerprint density at radius 2 is 2.14 bits per heavy atom. The summed E-state index contributed by atoms with van der Waals surface area (Å²) in [4.78, 5) is 2.44. The maximum atomic E-state index is 6.40. The van der Waals surface area contributed by atoms with E-state index in [1.54, 1.807) is 0 Å². The standard InChI is InChI=1S/C16H22ClN5/c1-3-22-12(2)19-20-16(22)11-21-9-8-18-10-15(21)13-6-4-5-7-14(13)17/h4-7,15,18H,3,8-11H2,1-2H3. The van der Waals surface area contributed by atoms with E-state index in [1.165, 1.54) is 5.56 Å². The van der Waals surface area contributed by atoms with E-state index in [-0.39, 0.29) is 6.04 Å². The first kappa shape index (κ1) is 15.5. The summed E-state index contributed by atoms with van der Waals surface area (Å²) in [6, 6.07) is 8.37. The minimum absolute atomic E-state index is 0.268. The van der Waals surface area contributed by atoms with Crippen molar-refractivity contribution in [3.63, 3.8) is 0 Å². The molecule has 1 aliphatic rings. The van der Waals surface area contributed by atoms with Crippen LogP contribution in [-0.2, 0) is 13.1 Å². The first-order valence-corrected chi connectivity index (χ1v) is 8.16. The van der Waals surface area contributed by atoms with Crippen LogP contribution in [0, 0.1) is 6.92 Å². The minimum atomic E-state index is 0.268. The van der Waals surface area contributed by atoms with Crippen LogP contribution in [0.5, 0.6) is 0 Å². The Hall–Kier alpha value is -1.43. The first-order chi connectivity index (χ1) is 10.7. The Morgan fingerprint density at radius 1 is 1.32 bits per heavy atom. The van der Waals surface area contributed by atoms with Crippen LogP contribution in [0.25, 0.3) is 0 Å². The number of aromatic nitrogens is 3. The van der Waals surface area contributed by atoms with Gasteiger partial charge in [0.2, 0.25) is 0 Å². The first-order valence-electron chi connectivity index (χ1n) is 7.78. The lowest BCUT2D eigenvalue weighted by Gasteiger charge is -2.36. The zero-order valence-corrected chi connectivity index (χ0v) is 13.8. The molecular weight excluding hydrogens is 298 g/mol. The lowest BCUT2D eigenvalue weighted by Crippen LogP contribution is -2.46. The summed E-state index contributed by atoms with van der Waals surface area (Å²) in [5.41, 5.74) is 1.18. The lowest BCUT2D eigenvalue weighted by atomic mass is 10.0. The third-order valence-corrected chi connectivity index (χ3v) is 4.64. The van der Waals surface area contributed by atoms with Crippen molar-refractivity contribution in [2.75, 3.05) is 19.6 Å². The van der Waals surface area contributed by atoms with Crippen molar-refractivity contribution in [1.82, 2.24) is 25.0 Å². The second kappa shape index (κ2) is 6.77. The number of benzene rings is 1. The fraction of sp³-hybridized carbons (Fsp3) is 0.500. The predicted molar refractivity (Wildman–Crippen MR) is 87.9 cm³/mol. The second-order valence-corrected chi connectivity index (χ2v) is 6.03. The van der Waals surface area contributed by atoms with Gasteiger partial charge in [0.05, 0.1) is 6.54 Å². The number of hydrogen-bond acceptors (Lipinski definition) is 4. The Bertz CT molecular complexity index is 639. The summed E-state index contributed by atoms with van der Waals surface area (Å²) in [6.45, 7) is 8.70. The van der Waals surface area contributed by atoms with Crippen LogP contribution in [0.3, 0.4) is 0 Å². The van der Waals surface area contributed by atoms with Gasteiger partial charge in [-0.15, -0.1) is 10.2 Å². The fourth-order valence-electron chi connectivity index (χ4n) is 3.12. The molecule has 6 heteroatoms. The van der Waals surface area contributed by atoms with Crippen LogP contribution in [0.2, 0.25) is 5.02 Å². The average molecular weight is 320 g/mol. The molecule has 1 fully saturated rings. The normalized spacial score (nSPS) is 19.5. The van der Waals surface area contributed by atoms with E-state index < -0.39 is 0 Å². The van der Waals surface area contributed by atoms with Gasteiger partial charge in [-0.25, -0.2) is 0 Å². The third-order valence-electron chi connectivity index (χ3n) is 4.29. The van der Waals surface area contributed by atoms with Crippen LogP contribution in [0.4, 0.5) is 0 Å². The molecule has 1 aromatic carbocycles. The highest BCUT2D eigenvalue weighted by molar-refractivity contribution is 6.31. The topological polar surface area (TPSA) is 46.0 Å². The average Bonchev–Trinajstić information content (AvgIpc) is 2.88. The maximum Gasteiger partial charge on any atom is 0.147 e. The zero-order chi connectivity index (χ0) is 15.5. The molecule has 3 rings (SSSR count). The number of nitrogens with one attached hydrogen (secondary N) is 1. The lowest BCUT2D eigenvalue weighted by molar-refractivity contribution is 0.148. The molecule has 1 saturated heterocycles. The molecule has 0 spiro atoms. The van der Waals surface area contributed by atoms with E-state index in [9.17, 15) is 0 Å². The van der Waals surface area contributed by atoms with Gasteiger partial charge in [0, 0.05) is 37.2 Å². The van der Waals surface area contributed by atoms with E-state index in [1.807, 2.05) is 25.1 Å². The summed E-state index contributed by atoms with van der Waals surface area (Å²) in [7, 11) is 0. The Balaban J connectivity index is 1.85. The molecule has 2 heterocycles. The van der Waals surface area contributed by atoms with Crippen molar-refractivity contribution in [3.05, 3.63) is 46.5 Å². The minimum Gasteiger partial charge on any atom is -0.314 e. The van der Waals surface area contributed by atoms with Crippen LogP contribution < -0.4 is 5.32 Å². The van der Waals surface area contributed by atoms with Gasteiger partial charge in [-0.05, 0) is 25.5 Å². The third kappa shape index (κ3) is 3.02. The molecule has 1 aliphatic heterocycles. The molecule has 5 nitrogen and oxygen atoms in total. The highest BCUT2D eigenvalue weighted by Gasteiger charge is 2.26. The molecule has 0 amide bonds. The molecule has 1 unspecified atom stereocenters. The largest absolute Gasteiger partial charge is 0.314 e. The molecule has 1 aromatic heterocycles. The summed E-state index contributed by atoms with van der Waals surface area (Å²) >= 11 is 6.40. The van der Waals surface area contributed by atoms with Crippen LogP contribution >= 0.6 is 11.6 Å². The van der Waals surface area contributed by atoms with Gasteiger partial charge < -0.3 is 9.88 Å². The quantitative estimate of drug-likeness (QED) is 0.940. The number of rotatable bonds is 4. The van der Waals surface area contributed by atoms with Gasteiger partial charge in [0.25, 0.3) is 0 Å². The number of aryl methyl sites for hydroxylation is 1. The molecule has 2 aromatic rings. The Kier molecular flexibility index (Phi) is 4.76. The highest BCUT2D eigenvalue weighted by atomic mass is 35.5. The molecule has 118 valence electrons. The SMILES string of the molecule is CCn1c(C)nnc1CN1CCNCC1c1ccccc1Cl. The van der Waals surface area contributed by atoms with Crippen molar-refractivity contribution >= 4 is 11.6 Å². The van der Waals surface area contributed by atoms with E-state index >= 15 is 0 Å². The molecular formula is C16H22ClN5. The Labute approximate surface area is 136 Å². The van der Waals surface area contributed by atoms with E-state index in [4.69, 9.17) is 11.6 Å². The van der Waals surface area contributed by atoms with E-state index in [2.05, 4.69) is 38.0 Å². The molecule has 0 bridgehead atoms. The zero-order valence-electron chi connectivity index (χ0n) is 13.1. The van der Waals surface area contributed by atoms with Gasteiger partial charge in [0.1, 0.15) is 11.6 Å². The number of piperazine rings is 1. The second-order valence-electron chi connectivity index (χ2n) is 5.62. The summed E-state index contributed by atoms with van der Waals surface area (Å²) in [5, 5.41) is 12.9. The predicted octanol–water partition coefficient (Wildman–Crippen LogP) is 2.41. The van der Waals surface area contributed by atoms with Crippen molar-refractivity contribution in [2.24, 2.45) is 0 Å². The van der Waals surface area contributed by atoms with Gasteiger partial charge in [0.15, 0.2) is 0 Å². The number of hydrogen-bond donors (Lipinski definition) is 1. The van der Waals surface area contributed by atoms with Crippen LogP contribution in [-0.4, -0.2) is 39.3 Å². The van der Waals surface area contributed by atoms with Crippen molar-refractivity contribution in [1.29, 1.82) is 0 Å². The van der Waals surface area contributed by atoms with Gasteiger partial charge in [-0.2, -0.15) is 0 Å². The summed E-state index contributed by atoms with van der Waals surface area (Å²) < 4.78 is 2.17. The van der Waals surface area contributed by atoms with E-state index in [0.29, 0.717) is 0 Å². The van der Waals surface area contributed by atoms with Crippen molar-refractivity contribution in [3.8, 4) is 0 Å². The van der Waals surface area contributed by atoms with E-state index in [0.717, 1.165) is 49.4 Å². The maximum absolute atomic E-state index is 6.40. The van der Waals surface area contributed by atoms with Crippen LogP contribution in [0.15, 0.2) is 24.3 Å². The fourth-order valence-corrected chi connectivity index (χ4v) is 3.38. The summed E-state index contributed by atoms with van der Waals surface area (Å²) in [5.74, 6) is 2.00. The summed E-state index contributed by atoms with van der Waals surface area (Å²) in [6.07, 6.45) is 0. The highest BCUT2D eigenvalue weighted by Crippen LogP contribution is 2.29. The van der Waals surface area contributed by atoms with Crippen molar-refractivity contribution in [2.45, 2.75) is 33.0 Å². The molecule has 0 saturated carbocycles. The molecule has 1 N–H and O–H groups in total. The smallest absolute Gasteiger partial charge is 0.147 e. The van der Waals surface area contributed by atoms with Crippen LogP contribution in [0.1, 0.15) is 30.2 Å². The molecule has 1 atom stereocenters. The number of halogens is 1. The van der Waals surface area contributed by atoms with Gasteiger partial charge in [-0.1, -0.05) is 29.8 Å². The monoisotopic (exact) mass is 319 g/mol. The van der Waals surface area contributed by atoms with Gasteiger partial charge in [-0.3, -0.25) is 4.90 Å². The Morgan fingerprint density at radius 3 is 2.91 bits per heavy atom.